The van der Waals surface area contributed by atoms with Gasteiger partial charge in [0.2, 0.25) is 0 Å². The maximum atomic E-state index is 13.1. The first-order valence-corrected chi connectivity index (χ1v) is 44.0. The molecule has 0 aliphatic carbocycles. The topological polar surface area (TPSA) is 237 Å². The van der Waals surface area contributed by atoms with Gasteiger partial charge in [-0.05, 0) is 37.5 Å². The second-order valence-electron chi connectivity index (χ2n) is 29.2. The van der Waals surface area contributed by atoms with Gasteiger partial charge in [0.05, 0.1) is 26.4 Å². The number of unbranched alkanes of at least 4 members (excludes halogenated alkanes) is 47. The fourth-order valence-corrected chi connectivity index (χ4v) is 13.7. The van der Waals surface area contributed by atoms with Crippen LogP contribution in [-0.4, -0.2) is 96.7 Å². The zero-order chi connectivity index (χ0) is 72.1. The molecule has 582 valence electrons. The average molecular weight is 1440 g/mol. The van der Waals surface area contributed by atoms with Crippen LogP contribution in [0.25, 0.3) is 0 Å². The Labute approximate surface area is 600 Å². The molecular weight excluding hydrogens is 1280 g/mol. The summed E-state index contributed by atoms with van der Waals surface area (Å²) < 4.78 is 68.6. The third kappa shape index (κ3) is 71.1. The Bertz CT molecular complexity index is 1890. The van der Waals surface area contributed by atoms with Gasteiger partial charge < -0.3 is 33.8 Å². The first kappa shape index (κ1) is 96.1. The van der Waals surface area contributed by atoms with E-state index >= 15 is 0 Å². The van der Waals surface area contributed by atoms with E-state index < -0.39 is 97.5 Å². The molecule has 0 aromatic heterocycles. The summed E-state index contributed by atoms with van der Waals surface area (Å²) in [5.74, 6) is -0.514. The third-order valence-electron chi connectivity index (χ3n) is 18.8. The van der Waals surface area contributed by atoms with Crippen LogP contribution in [0.2, 0.25) is 0 Å². The predicted octanol–water partition coefficient (Wildman–Crippen LogP) is 23.5. The molecule has 0 rings (SSSR count). The highest BCUT2D eigenvalue weighted by molar-refractivity contribution is 7.47. The van der Waals surface area contributed by atoms with Gasteiger partial charge in [0.1, 0.15) is 19.3 Å². The van der Waals surface area contributed by atoms with Crippen molar-refractivity contribution in [3.63, 3.8) is 0 Å². The van der Waals surface area contributed by atoms with Crippen molar-refractivity contribution in [3.05, 3.63) is 0 Å². The van der Waals surface area contributed by atoms with Crippen LogP contribution in [0.15, 0.2) is 0 Å². The molecule has 0 aromatic rings. The van der Waals surface area contributed by atoms with Gasteiger partial charge in [0.15, 0.2) is 12.2 Å². The lowest BCUT2D eigenvalue weighted by Crippen LogP contribution is -2.30. The standard InChI is InChI=1S/C79H154O17P2/c1-7-10-12-14-16-18-19-20-21-22-23-24-28-31-38-44-50-56-62-77(82)90-68-75(95-78(83)63-57-51-45-39-32-29-26-25-27-30-37-42-48-54-60-72(6)9-3)70-94-98(87,88)92-66-73(80)65-91-97(85,86)93-69-74(67-89-76(81)61-55-49-43-35-17-15-13-11-8-2)96-79(84)64-58-52-46-40-34-33-36-41-47-53-59-71(4)5/h71-75,80H,7-70H2,1-6H3,(H,85,86)(H,87,88)/t72?,73-,74+,75+/m0/s1. The molecule has 0 aliphatic heterocycles. The van der Waals surface area contributed by atoms with Crippen molar-refractivity contribution in [3.8, 4) is 0 Å². The van der Waals surface area contributed by atoms with Crippen molar-refractivity contribution in [2.75, 3.05) is 39.6 Å². The van der Waals surface area contributed by atoms with Crippen LogP contribution < -0.4 is 0 Å². The minimum Gasteiger partial charge on any atom is -0.462 e. The van der Waals surface area contributed by atoms with E-state index in [4.69, 9.17) is 37.0 Å². The molecule has 0 bridgehead atoms. The third-order valence-corrected chi connectivity index (χ3v) is 20.7. The van der Waals surface area contributed by atoms with Gasteiger partial charge in [0.25, 0.3) is 0 Å². The molecule has 0 fully saturated rings. The number of phosphoric ester groups is 2. The molecule has 0 aliphatic rings. The van der Waals surface area contributed by atoms with E-state index in [1.54, 1.807) is 0 Å². The minimum atomic E-state index is -4.96. The quantitative estimate of drug-likeness (QED) is 0.0222. The summed E-state index contributed by atoms with van der Waals surface area (Å²) in [5, 5.41) is 10.6. The number of carbonyl (C=O) groups is 4. The molecule has 3 unspecified atom stereocenters. The van der Waals surface area contributed by atoms with Gasteiger partial charge in [-0.15, -0.1) is 0 Å². The number of esters is 4. The number of aliphatic hydroxyl groups excluding tert-OH is 1. The van der Waals surface area contributed by atoms with Gasteiger partial charge in [-0.2, -0.15) is 0 Å². The van der Waals surface area contributed by atoms with Gasteiger partial charge >= 0.3 is 39.5 Å². The number of phosphoric acid groups is 2. The number of rotatable bonds is 78. The first-order chi connectivity index (χ1) is 47.4. The number of carbonyl (C=O) groups excluding carboxylic acids is 4. The van der Waals surface area contributed by atoms with Crippen LogP contribution in [0, 0.1) is 11.8 Å². The van der Waals surface area contributed by atoms with E-state index in [-0.39, 0.29) is 25.7 Å². The lowest BCUT2D eigenvalue weighted by molar-refractivity contribution is -0.161. The highest BCUT2D eigenvalue weighted by Crippen LogP contribution is 2.45. The van der Waals surface area contributed by atoms with Crippen LogP contribution in [0.1, 0.15) is 414 Å². The summed E-state index contributed by atoms with van der Waals surface area (Å²) in [6.07, 6.45) is 59.6. The van der Waals surface area contributed by atoms with E-state index in [1.165, 1.54) is 231 Å². The lowest BCUT2D eigenvalue weighted by Gasteiger charge is -2.21. The monoisotopic (exact) mass is 1440 g/mol. The molecule has 0 radical (unpaired) electrons. The van der Waals surface area contributed by atoms with Crippen LogP contribution in [0.3, 0.4) is 0 Å². The SMILES string of the molecule is CCCCCCCCCCCCCCCCCCCCC(=O)OC[C@H](COP(=O)(O)OC[C@@H](O)COP(=O)(O)OC[C@@H](COC(=O)CCCCCCCCCCC)OC(=O)CCCCCCCCCCCCC(C)C)OC(=O)CCCCCCCCCCCCCCCCC(C)CC. The maximum Gasteiger partial charge on any atom is 0.472 e. The molecule has 3 N–H and O–H groups in total. The molecule has 0 saturated carbocycles. The fraction of sp³-hybridized carbons (Fsp3) is 0.949. The molecule has 6 atom stereocenters. The van der Waals surface area contributed by atoms with Crippen LogP contribution in [0.4, 0.5) is 0 Å². The Morgan fingerprint density at radius 2 is 0.520 bits per heavy atom. The average Bonchev–Trinajstić information content (AvgIpc) is 1.26. The second-order valence-corrected chi connectivity index (χ2v) is 32.1. The molecule has 19 heteroatoms. The zero-order valence-electron chi connectivity index (χ0n) is 64.1. The highest BCUT2D eigenvalue weighted by atomic mass is 31.2. The van der Waals surface area contributed by atoms with Crippen LogP contribution in [0.5, 0.6) is 0 Å². The molecule has 0 spiro atoms. The van der Waals surface area contributed by atoms with E-state index in [0.717, 1.165) is 102 Å². The minimum absolute atomic E-state index is 0.106. The summed E-state index contributed by atoms with van der Waals surface area (Å²) in [6, 6.07) is 0. The summed E-state index contributed by atoms with van der Waals surface area (Å²) in [7, 11) is -9.91. The van der Waals surface area contributed by atoms with Gasteiger partial charge in [-0.3, -0.25) is 37.3 Å². The van der Waals surface area contributed by atoms with Crippen molar-refractivity contribution in [2.24, 2.45) is 11.8 Å². The van der Waals surface area contributed by atoms with Crippen LogP contribution >= 0.6 is 15.6 Å². The van der Waals surface area contributed by atoms with Gasteiger partial charge in [0, 0.05) is 25.7 Å². The number of hydrogen-bond donors (Lipinski definition) is 3. The smallest absolute Gasteiger partial charge is 0.462 e. The predicted molar refractivity (Wildman–Crippen MR) is 400 cm³/mol. The normalized spacial score (nSPS) is 14.2. The van der Waals surface area contributed by atoms with Crippen LogP contribution in [-0.2, 0) is 65.4 Å². The van der Waals surface area contributed by atoms with Gasteiger partial charge in [-0.1, -0.05) is 363 Å². The Kier molecular flexibility index (Phi) is 69.3. The molecular formula is C79H154O17P2. The Hall–Kier alpha value is -1.94. The summed E-state index contributed by atoms with van der Waals surface area (Å²) in [4.78, 5) is 72.9. The summed E-state index contributed by atoms with van der Waals surface area (Å²) >= 11 is 0. The second kappa shape index (κ2) is 70.7. The molecule has 0 saturated heterocycles. The van der Waals surface area contributed by atoms with Crippen molar-refractivity contribution in [1.82, 2.24) is 0 Å². The van der Waals surface area contributed by atoms with Crippen molar-refractivity contribution in [1.29, 1.82) is 0 Å². The lowest BCUT2D eigenvalue weighted by atomic mass is 9.99. The van der Waals surface area contributed by atoms with Crippen molar-refractivity contribution < 1.29 is 80.2 Å². The van der Waals surface area contributed by atoms with E-state index in [2.05, 4.69) is 41.5 Å². The first-order valence-electron chi connectivity index (χ1n) is 41.0. The van der Waals surface area contributed by atoms with Crippen molar-refractivity contribution >= 4 is 39.5 Å². The van der Waals surface area contributed by atoms with Crippen molar-refractivity contribution in [2.45, 2.75) is 432 Å². The fourth-order valence-electron chi connectivity index (χ4n) is 12.2. The largest absolute Gasteiger partial charge is 0.472 e. The number of hydrogen-bond acceptors (Lipinski definition) is 15. The molecule has 17 nitrogen and oxygen atoms in total. The molecule has 0 heterocycles. The Balaban J connectivity index is 5.22. The summed E-state index contributed by atoms with van der Waals surface area (Å²) in [5.41, 5.74) is 0. The van der Waals surface area contributed by atoms with E-state index in [9.17, 15) is 43.2 Å². The Morgan fingerprint density at radius 1 is 0.296 bits per heavy atom. The number of aliphatic hydroxyl groups is 1. The zero-order valence-corrected chi connectivity index (χ0v) is 65.9. The Morgan fingerprint density at radius 3 is 0.776 bits per heavy atom. The maximum absolute atomic E-state index is 13.1. The molecule has 0 amide bonds. The molecule has 98 heavy (non-hydrogen) atoms. The van der Waals surface area contributed by atoms with E-state index in [0.29, 0.717) is 25.7 Å². The van der Waals surface area contributed by atoms with Gasteiger partial charge in [-0.25, -0.2) is 9.13 Å². The van der Waals surface area contributed by atoms with E-state index in [1.807, 2.05) is 0 Å². The molecule has 0 aromatic carbocycles. The highest BCUT2D eigenvalue weighted by Gasteiger charge is 2.30. The summed E-state index contributed by atoms with van der Waals surface area (Å²) in [6.45, 7) is 9.65. The number of ether oxygens (including phenoxy) is 4.